The number of nitro groups is 1. The number of amides is 3. The van der Waals surface area contributed by atoms with Crippen molar-refractivity contribution in [3.05, 3.63) is 56.5 Å². The van der Waals surface area contributed by atoms with Crippen LogP contribution in [-0.4, -0.2) is 35.7 Å². The van der Waals surface area contributed by atoms with Crippen molar-refractivity contribution in [2.24, 2.45) is 0 Å². The van der Waals surface area contributed by atoms with E-state index in [2.05, 4.69) is 22.0 Å². The Labute approximate surface area is 181 Å². The Kier molecular flexibility index (Phi) is 6.95. The van der Waals surface area contributed by atoms with Gasteiger partial charge in [0.1, 0.15) is 0 Å². The molecule has 0 radical (unpaired) electrons. The third-order valence-electron chi connectivity index (χ3n) is 5.24. The van der Waals surface area contributed by atoms with Crippen LogP contribution in [0.3, 0.4) is 0 Å². The van der Waals surface area contributed by atoms with Crippen molar-refractivity contribution < 1.29 is 23.7 Å². The van der Waals surface area contributed by atoms with Crippen molar-refractivity contribution in [2.45, 2.75) is 31.1 Å². The Balaban J connectivity index is 1.49. The number of hydrogen-bond donors (Lipinski definition) is 3. The van der Waals surface area contributed by atoms with E-state index in [0.717, 1.165) is 43.9 Å². The fourth-order valence-electron chi connectivity index (χ4n) is 3.63. The second-order valence-electron chi connectivity index (χ2n) is 7.30. The Bertz CT molecular complexity index is 989. The maximum absolute atomic E-state index is 13.4. The molecule has 1 aromatic heterocycles. The van der Waals surface area contributed by atoms with Gasteiger partial charge in [0.25, 0.3) is 0 Å². The highest BCUT2D eigenvalue weighted by Crippen LogP contribution is 2.42. The molecule has 164 valence electrons. The number of halogens is 1. The van der Waals surface area contributed by atoms with Crippen LogP contribution in [0.5, 0.6) is 0 Å². The van der Waals surface area contributed by atoms with E-state index in [1.807, 2.05) is 11.4 Å². The fourth-order valence-corrected chi connectivity index (χ4v) is 4.62. The number of anilines is 1. The van der Waals surface area contributed by atoms with E-state index < -0.39 is 40.7 Å². The molecule has 1 aromatic carbocycles. The number of nitrogens with zero attached hydrogens (tertiary/aromatic N) is 1. The number of rotatable bonds is 7. The number of nitrogens with one attached hydrogen (secondary N) is 3. The molecule has 0 spiro atoms. The van der Waals surface area contributed by atoms with Crippen LogP contribution in [-0.2, 0) is 19.8 Å². The van der Waals surface area contributed by atoms with Crippen LogP contribution in [0.2, 0.25) is 0 Å². The molecule has 3 rings (SSSR count). The van der Waals surface area contributed by atoms with Gasteiger partial charge < -0.3 is 16.0 Å². The number of carbonyl (C=O) groups is 3. The summed E-state index contributed by atoms with van der Waals surface area (Å²) in [5, 5.41) is 19.9. The average molecular weight is 448 g/mol. The fraction of sp³-hybridized carbons (Fsp3) is 0.350. The van der Waals surface area contributed by atoms with Crippen LogP contribution in [0.25, 0.3) is 0 Å². The van der Waals surface area contributed by atoms with Crippen LogP contribution in [0, 0.1) is 15.9 Å². The molecule has 9 nitrogen and oxygen atoms in total. The van der Waals surface area contributed by atoms with Crippen molar-refractivity contribution >= 4 is 40.4 Å². The van der Waals surface area contributed by atoms with E-state index in [1.165, 1.54) is 4.88 Å². The molecule has 1 saturated carbocycles. The van der Waals surface area contributed by atoms with Gasteiger partial charge in [-0.2, -0.15) is 4.39 Å². The predicted molar refractivity (Wildman–Crippen MR) is 112 cm³/mol. The highest BCUT2D eigenvalue weighted by Gasteiger charge is 2.36. The molecule has 3 N–H and O–H groups in total. The monoisotopic (exact) mass is 448 g/mol. The molecular formula is C20H21FN4O5S. The number of nitro benzene ring substituents is 1. The molecule has 1 heterocycles. The molecule has 2 aromatic rings. The van der Waals surface area contributed by atoms with Gasteiger partial charge in [-0.3, -0.25) is 24.5 Å². The van der Waals surface area contributed by atoms with Crippen LogP contribution in [0.4, 0.5) is 15.8 Å². The molecule has 0 saturated heterocycles. The maximum Gasteiger partial charge on any atom is 0.313 e. The van der Waals surface area contributed by atoms with Crippen molar-refractivity contribution in [3.63, 3.8) is 0 Å². The zero-order chi connectivity index (χ0) is 22.4. The number of thiophene rings is 1. The largest absolute Gasteiger partial charge is 0.354 e. The quantitative estimate of drug-likeness (QED) is 0.340. The number of hydrogen-bond acceptors (Lipinski definition) is 6. The van der Waals surface area contributed by atoms with E-state index in [-0.39, 0.29) is 11.1 Å². The highest BCUT2D eigenvalue weighted by atomic mass is 32.1. The van der Waals surface area contributed by atoms with Crippen LogP contribution >= 0.6 is 11.3 Å². The van der Waals surface area contributed by atoms with Gasteiger partial charge in [0, 0.05) is 28.6 Å². The van der Waals surface area contributed by atoms with Crippen LogP contribution < -0.4 is 16.0 Å². The smallest absolute Gasteiger partial charge is 0.313 e. The molecule has 0 unspecified atom stereocenters. The van der Waals surface area contributed by atoms with Crippen molar-refractivity contribution in [3.8, 4) is 0 Å². The van der Waals surface area contributed by atoms with Crippen molar-refractivity contribution in [1.82, 2.24) is 10.6 Å². The lowest BCUT2D eigenvalue weighted by Crippen LogP contribution is -2.45. The predicted octanol–water partition coefficient (Wildman–Crippen LogP) is 2.48. The topological polar surface area (TPSA) is 130 Å². The standard InChI is InChI=1S/C20H21FN4O5S/c21-14-6-5-13(10-15(14)25(29)30)24-19(28)18(27)22-11-17(26)23-12-20(7-1-2-8-20)16-4-3-9-31-16/h3-6,9-10H,1-2,7-8,11-12H2,(H,22,27)(H,23,26)(H,24,28). The molecule has 1 aliphatic carbocycles. The summed E-state index contributed by atoms with van der Waals surface area (Å²) >= 11 is 1.66. The third kappa shape index (κ3) is 5.43. The highest BCUT2D eigenvalue weighted by molar-refractivity contribution is 7.10. The Morgan fingerprint density at radius 2 is 1.87 bits per heavy atom. The Morgan fingerprint density at radius 3 is 2.52 bits per heavy atom. The molecule has 0 atom stereocenters. The summed E-state index contributed by atoms with van der Waals surface area (Å²) in [6.07, 6.45) is 4.14. The van der Waals surface area contributed by atoms with Crippen LogP contribution in [0.15, 0.2) is 35.7 Å². The SMILES string of the molecule is O=C(CNC(=O)C(=O)Nc1ccc(F)c([N+](=O)[O-])c1)NCC1(c2cccs2)CCCC1. The molecule has 0 aliphatic heterocycles. The molecule has 31 heavy (non-hydrogen) atoms. The lowest BCUT2D eigenvalue weighted by molar-refractivity contribution is -0.387. The lowest BCUT2D eigenvalue weighted by Gasteiger charge is -2.28. The minimum absolute atomic E-state index is 0.0947. The molecule has 11 heteroatoms. The zero-order valence-corrected chi connectivity index (χ0v) is 17.3. The summed E-state index contributed by atoms with van der Waals surface area (Å²) in [6.45, 7) is 0.0595. The first-order chi connectivity index (χ1) is 14.8. The van der Waals surface area contributed by atoms with Gasteiger partial charge in [-0.1, -0.05) is 18.9 Å². The molecule has 3 amide bonds. The summed E-state index contributed by atoms with van der Waals surface area (Å²) in [5.74, 6) is -3.70. The normalized spacial score (nSPS) is 14.6. The van der Waals surface area contributed by atoms with Gasteiger partial charge in [-0.05, 0) is 36.4 Å². The Hall–Kier alpha value is -3.34. The van der Waals surface area contributed by atoms with E-state index in [1.54, 1.807) is 11.3 Å². The van der Waals surface area contributed by atoms with Crippen molar-refractivity contribution in [1.29, 1.82) is 0 Å². The van der Waals surface area contributed by atoms with E-state index >= 15 is 0 Å². The molecular weight excluding hydrogens is 427 g/mol. The first-order valence-corrected chi connectivity index (χ1v) is 10.5. The maximum atomic E-state index is 13.4. The van der Waals surface area contributed by atoms with E-state index in [0.29, 0.717) is 6.54 Å². The second kappa shape index (κ2) is 9.65. The molecule has 1 aliphatic rings. The third-order valence-corrected chi connectivity index (χ3v) is 6.36. The van der Waals surface area contributed by atoms with Gasteiger partial charge in [-0.25, -0.2) is 0 Å². The van der Waals surface area contributed by atoms with Gasteiger partial charge in [0.05, 0.1) is 11.5 Å². The van der Waals surface area contributed by atoms with Crippen molar-refractivity contribution in [2.75, 3.05) is 18.4 Å². The second-order valence-corrected chi connectivity index (χ2v) is 8.25. The van der Waals surface area contributed by atoms with E-state index in [4.69, 9.17) is 0 Å². The zero-order valence-electron chi connectivity index (χ0n) is 16.5. The van der Waals surface area contributed by atoms with Crippen LogP contribution in [0.1, 0.15) is 30.6 Å². The minimum Gasteiger partial charge on any atom is -0.354 e. The summed E-state index contributed by atoms with van der Waals surface area (Å²) in [7, 11) is 0. The lowest BCUT2D eigenvalue weighted by atomic mass is 9.84. The van der Waals surface area contributed by atoms with Gasteiger partial charge in [0.15, 0.2) is 0 Å². The Morgan fingerprint density at radius 1 is 1.13 bits per heavy atom. The summed E-state index contributed by atoms with van der Waals surface area (Å²) in [6, 6.07) is 6.75. The first kappa shape index (κ1) is 22.3. The molecule has 0 bridgehead atoms. The number of benzene rings is 1. The molecule has 1 fully saturated rings. The summed E-state index contributed by atoms with van der Waals surface area (Å²) in [5.41, 5.74) is -1.04. The minimum atomic E-state index is -1.13. The van der Waals surface area contributed by atoms with Gasteiger partial charge in [-0.15, -0.1) is 11.3 Å². The van der Waals surface area contributed by atoms with Gasteiger partial charge in [0.2, 0.25) is 11.7 Å². The first-order valence-electron chi connectivity index (χ1n) is 9.64. The summed E-state index contributed by atoms with van der Waals surface area (Å²) in [4.78, 5) is 47.1. The summed E-state index contributed by atoms with van der Waals surface area (Å²) < 4.78 is 13.4. The average Bonchev–Trinajstić information content (AvgIpc) is 3.44. The van der Waals surface area contributed by atoms with Gasteiger partial charge >= 0.3 is 17.5 Å². The number of carbonyl (C=O) groups excluding carboxylic acids is 3. The van der Waals surface area contributed by atoms with E-state index in [9.17, 15) is 28.9 Å².